The second-order valence-corrected chi connectivity index (χ2v) is 5.42. The topological polar surface area (TPSA) is 21.3 Å². The van der Waals surface area contributed by atoms with Crippen LogP contribution in [-0.2, 0) is 4.74 Å². The lowest BCUT2D eigenvalue weighted by Gasteiger charge is -2.26. The van der Waals surface area contributed by atoms with Crippen molar-refractivity contribution < 1.29 is 4.74 Å². The number of nitrogens with one attached hydrogen (secondary N) is 1. The summed E-state index contributed by atoms with van der Waals surface area (Å²) in [5.41, 5.74) is 4.19. The molecule has 0 spiro atoms. The third kappa shape index (κ3) is 3.12. The minimum Gasteiger partial charge on any atom is -0.381 e. The van der Waals surface area contributed by atoms with Gasteiger partial charge in [-0.2, -0.15) is 0 Å². The highest BCUT2D eigenvalue weighted by Gasteiger charge is 2.27. The van der Waals surface area contributed by atoms with Gasteiger partial charge in [-0.15, -0.1) is 0 Å². The summed E-state index contributed by atoms with van der Waals surface area (Å²) in [5, 5.41) is 3.72. The molecule has 1 aromatic carbocycles. The van der Waals surface area contributed by atoms with Crippen LogP contribution in [0.1, 0.15) is 42.5 Å². The van der Waals surface area contributed by atoms with Crippen molar-refractivity contribution >= 4 is 0 Å². The molecular formula is C16H25NO. The van der Waals surface area contributed by atoms with Crippen LogP contribution < -0.4 is 5.32 Å². The Bertz CT molecular complexity index is 383. The normalized spacial score (nSPS) is 21.2. The zero-order valence-corrected chi connectivity index (χ0v) is 11.8. The molecule has 0 aromatic heterocycles. The Labute approximate surface area is 111 Å². The number of aryl methyl sites for hydroxylation is 2. The Hall–Kier alpha value is -0.860. The number of rotatable bonds is 5. The third-order valence-corrected chi connectivity index (χ3v) is 3.82. The van der Waals surface area contributed by atoms with Gasteiger partial charge in [0.2, 0.25) is 0 Å². The highest BCUT2D eigenvalue weighted by atomic mass is 16.5. The maximum atomic E-state index is 5.57. The molecule has 2 unspecified atom stereocenters. The van der Waals surface area contributed by atoms with Gasteiger partial charge < -0.3 is 10.1 Å². The van der Waals surface area contributed by atoms with Crippen LogP contribution in [0.15, 0.2) is 18.2 Å². The van der Waals surface area contributed by atoms with E-state index in [1.54, 1.807) is 0 Å². The summed E-state index contributed by atoms with van der Waals surface area (Å²) >= 11 is 0. The Morgan fingerprint density at radius 1 is 1.39 bits per heavy atom. The minimum absolute atomic E-state index is 0.451. The van der Waals surface area contributed by atoms with E-state index in [0.717, 1.165) is 19.8 Å². The van der Waals surface area contributed by atoms with Gasteiger partial charge in [0.05, 0.1) is 6.61 Å². The summed E-state index contributed by atoms with van der Waals surface area (Å²) in [7, 11) is 0. The molecule has 1 heterocycles. The molecule has 0 radical (unpaired) electrons. The van der Waals surface area contributed by atoms with Gasteiger partial charge in [0.1, 0.15) is 0 Å². The Kier molecular flexibility index (Phi) is 4.79. The highest BCUT2D eigenvalue weighted by molar-refractivity contribution is 5.33. The maximum absolute atomic E-state index is 5.57. The maximum Gasteiger partial charge on any atom is 0.0513 e. The van der Waals surface area contributed by atoms with Crippen LogP contribution in [0.5, 0.6) is 0 Å². The second kappa shape index (κ2) is 6.35. The summed E-state index contributed by atoms with van der Waals surface area (Å²) in [4.78, 5) is 0. The summed E-state index contributed by atoms with van der Waals surface area (Å²) in [6.45, 7) is 9.50. The van der Waals surface area contributed by atoms with Crippen molar-refractivity contribution in [3.63, 3.8) is 0 Å². The van der Waals surface area contributed by atoms with Gasteiger partial charge in [0.25, 0.3) is 0 Å². The van der Waals surface area contributed by atoms with Gasteiger partial charge in [-0.05, 0) is 44.4 Å². The van der Waals surface area contributed by atoms with E-state index in [1.165, 1.54) is 29.5 Å². The first-order valence-electron chi connectivity index (χ1n) is 7.10. The molecule has 18 heavy (non-hydrogen) atoms. The Morgan fingerprint density at radius 3 is 2.89 bits per heavy atom. The smallest absolute Gasteiger partial charge is 0.0513 e. The first kappa shape index (κ1) is 13.6. The van der Waals surface area contributed by atoms with Crippen molar-refractivity contribution in [2.24, 2.45) is 5.92 Å². The summed E-state index contributed by atoms with van der Waals surface area (Å²) in [6, 6.07) is 7.22. The SMILES string of the molecule is CCCNC(c1cc(C)ccc1C)C1CCOC1. The molecule has 1 fully saturated rings. The molecule has 0 bridgehead atoms. The van der Waals surface area contributed by atoms with Crippen molar-refractivity contribution in [2.75, 3.05) is 19.8 Å². The molecule has 0 saturated carbocycles. The van der Waals surface area contributed by atoms with E-state index >= 15 is 0 Å². The molecule has 1 aliphatic heterocycles. The van der Waals surface area contributed by atoms with Crippen LogP contribution >= 0.6 is 0 Å². The Balaban J connectivity index is 2.23. The average molecular weight is 247 g/mol. The van der Waals surface area contributed by atoms with Crippen LogP contribution in [-0.4, -0.2) is 19.8 Å². The van der Waals surface area contributed by atoms with E-state index in [4.69, 9.17) is 4.74 Å². The molecule has 1 aliphatic rings. The Morgan fingerprint density at radius 2 is 2.22 bits per heavy atom. The fourth-order valence-electron chi connectivity index (χ4n) is 2.74. The molecule has 1 saturated heterocycles. The minimum atomic E-state index is 0.451. The number of ether oxygens (including phenoxy) is 1. The summed E-state index contributed by atoms with van der Waals surface area (Å²) < 4.78 is 5.57. The zero-order valence-electron chi connectivity index (χ0n) is 11.8. The molecule has 1 aromatic rings. The predicted molar refractivity (Wildman–Crippen MR) is 75.9 cm³/mol. The van der Waals surface area contributed by atoms with E-state index in [0.29, 0.717) is 12.0 Å². The van der Waals surface area contributed by atoms with Crippen molar-refractivity contribution in [1.29, 1.82) is 0 Å². The molecule has 2 heteroatoms. The van der Waals surface area contributed by atoms with Crippen LogP contribution in [0.3, 0.4) is 0 Å². The summed E-state index contributed by atoms with van der Waals surface area (Å²) in [5.74, 6) is 0.622. The fourth-order valence-corrected chi connectivity index (χ4v) is 2.74. The summed E-state index contributed by atoms with van der Waals surface area (Å²) in [6.07, 6.45) is 2.35. The largest absolute Gasteiger partial charge is 0.381 e. The second-order valence-electron chi connectivity index (χ2n) is 5.42. The van der Waals surface area contributed by atoms with Crippen molar-refractivity contribution in [3.05, 3.63) is 34.9 Å². The first-order chi connectivity index (χ1) is 8.72. The molecule has 2 atom stereocenters. The first-order valence-corrected chi connectivity index (χ1v) is 7.10. The van der Waals surface area contributed by atoms with Crippen LogP contribution in [0.25, 0.3) is 0 Å². The molecule has 0 aliphatic carbocycles. The molecule has 0 amide bonds. The predicted octanol–water partition coefficient (Wildman–Crippen LogP) is 3.38. The third-order valence-electron chi connectivity index (χ3n) is 3.82. The van der Waals surface area contributed by atoms with Crippen LogP contribution in [0, 0.1) is 19.8 Å². The van der Waals surface area contributed by atoms with Gasteiger partial charge >= 0.3 is 0 Å². The highest BCUT2D eigenvalue weighted by Crippen LogP contribution is 2.31. The lowest BCUT2D eigenvalue weighted by Crippen LogP contribution is -2.30. The lowest BCUT2D eigenvalue weighted by atomic mass is 9.88. The van der Waals surface area contributed by atoms with Crippen molar-refractivity contribution in [1.82, 2.24) is 5.32 Å². The van der Waals surface area contributed by atoms with E-state index in [1.807, 2.05) is 0 Å². The van der Waals surface area contributed by atoms with Gasteiger partial charge in [-0.1, -0.05) is 30.7 Å². The van der Waals surface area contributed by atoms with Gasteiger partial charge in [0, 0.05) is 18.6 Å². The van der Waals surface area contributed by atoms with E-state index in [-0.39, 0.29) is 0 Å². The number of hydrogen-bond donors (Lipinski definition) is 1. The number of hydrogen-bond acceptors (Lipinski definition) is 2. The molecular weight excluding hydrogens is 222 g/mol. The van der Waals surface area contributed by atoms with Crippen molar-refractivity contribution in [3.8, 4) is 0 Å². The quantitative estimate of drug-likeness (QED) is 0.861. The number of benzene rings is 1. The molecule has 100 valence electrons. The van der Waals surface area contributed by atoms with Gasteiger partial charge in [0.15, 0.2) is 0 Å². The average Bonchev–Trinajstić information content (AvgIpc) is 2.88. The molecule has 1 N–H and O–H groups in total. The van der Waals surface area contributed by atoms with Crippen LogP contribution in [0.2, 0.25) is 0 Å². The van der Waals surface area contributed by atoms with Crippen molar-refractivity contribution in [2.45, 2.75) is 39.7 Å². The monoisotopic (exact) mass is 247 g/mol. The van der Waals surface area contributed by atoms with E-state index in [2.05, 4.69) is 44.3 Å². The van der Waals surface area contributed by atoms with Gasteiger partial charge in [-0.25, -0.2) is 0 Å². The zero-order chi connectivity index (χ0) is 13.0. The fraction of sp³-hybridized carbons (Fsp3) is 0.625. The van der Waals surface area contributed by atoms with E-state index in [9.17, 15) is 0 Å². The van der Waals surface area contributed by atoms with Gasteiger partial charge in [-0.3, -0.25) is 0 Å². The standard InChI is InChI=1S/C16H25NO/c1-4-8-17-16(14-7-9-18-11-14)15-10-12(2)5-6-13(15)3/h5-6,10,14,16-17H,4,7-9,11H2,1-3H3. The van der Waals surface area contributed by atoms with Crippen LogP contribution in [0.4, 0.5) is 0 Å². The molecule has 2 nitrogen and oxygen atoms in total. The molecule has 2 rings (SSSR count). The lowest BCUT2D eigenvalue weighted by molar-refractivity contribution is 0.176. The van der Waals surface area contributed by atoms with E-state index < -0.39 is 0 Å².